The summed E-state index contributed by atoms with van der Waals surface area (Å²) in [6.45, 7) is 4.05. The van der Waals surface area contributed by atoms with Crippen LogP contribution in [0.15, 0.2) is 12.1 Å². The molecular weight excluding hydrogens is 228 g/mol. The minimum atomic E-state index is -0.489. The molecule has 0 amide bonds. The van der Waals surface area contributed by atoms with Crippen molar-refractivity contribution in [1.82, 2.24) is 0 Å². The van der Waals surface area contributed by atoms with Crippen LogP contribution in [0.2, 0.25) is 0 Å². The third-order valence-electron chi connectivity index (χ3n) is 3.92. The standard InChI is InChI=1S/C15H20O3/c1-10-8-11(2)13(17-3)12(9-10)15(6-5-7-15)14(16)18-4/h8-9H,5-7H2,1-4H3. The van der Waals surface area contributed by atoms with Gasteiger partial charge in [-0.15, -0.1) is 0 Å². The van der Waals surface area contributed by atoms with E-state index in [9.17, 15) is 4.79 Å². The van der Waals surface area contributed by atoms with Crippen LogP contribution in [-0.4, -0.2) is 20.2 Å². The van der Waals surface area contributed by atoms with E-state index in [4.69, 9.17) is 9.47 Å². The number of esters is 1. The van der Waals surface area contributed by atoms with E-state index in [2.05, 4.69) is 12.1 Å². The molecule has 0 heterocycles. The van der Waals surface area contributed by atoms with Crippen LogP contribution in [0.3, 0.4) is 0 Å². The van der Waals surface area contributed by atoms with E-state index < -0.39 is 5.41 Å². The fourth-order valence-corrected chi connectivity index (χ4v) is 2.89. The Balaban J connectivity index is 2.58. The van der Waals surface area contributed by atoms with Crippen LogP contribution in [0.1, 0.15) is 36.0 Å². The third-order valence-corrected chi connectivity index (χ3v) is 3.92. The number of benzene rings is 1. The number of rotatable bonds is 3. The van der Waals surface area contributed by atoms with Crippen molar-refractivity contribution in [3.05, 3.63) is 28.8 Å². The van der Waals surface area contributed by atoms with Crippen molar-refractivity contribution >= 4 is 5.97 Å². The fraction of sp³-hybridized carbons (Fsp3) is 0.533. The molecule has 1 aliphatic rings. The second kappa shape index (κ2) is 4.63. The Kier molecular flexibility index (Phi) is 3.33. The first-order chi connectivity index (χ1) is 8.55. The highest BCUT2D eigenvalue weighted by atomic mass is 16.5. The topological polar surface area (TPSA) is 35.5 Å². The van der Waals surface area contributed by atoms with Gasteiger partial charge in [0, 0.05) is 5.56 Å². The van der Waals surface area contributed by atoms with Crippen LogP contribution in [0, 0.1) is 13.8 Å². The second-order valence-electron chi connectivity index (χ2n) is 5.09. The van der Waals surface area contributed by atoms with E-state index in [1.807, 2.05) is 13.8 Å². The Bertz CT molecular complexity index is 473. The first-order valence-corrected chi connectivity index (χ1v) is 6.29. The molecule has 98 valence electrons. The van der Waals surface area contributed by atoms with Crippen molar-refractivity contribution in [1.29, 1.82) is 0 Å². The van der Waals surface area contributed by atoms with Gasteiger partial charge >= 0.3 is 5.97 Å². The zero-order chi connectivity index (χ0) is 13.3. The highest BCUT2D eigenvalue weighted by Gasteiger charge is 2.48. The average Bonchev–Trinajstić information content (AvgIpc) is 2.26. The van der Waals surface area contributed by atoms with Crippen molar-refractivity contribution in [3.63, 3.8) is 0 Å². The summed E-state index contributed by atoms with van der Waals surface area (Å²) in [5, 5.41) is 0. The van der Waals surface area contributed by atoms with Crippen molar-refractivity contribution in [3.8, 4) is 5.75 Å². The number of hydrogen-bond donors (Lipinski definition) is 0. The molecule has 3 nitrogen and oxygen atoms in total. The van der Waals surface area contributed by atoms with Gasteiger partial charge in [0.2, 0.25) is 0 Å². The number of methoxy groups -OCH3 is 2. The van der Waals surface area contributed by atoms with Crippen LogP contribution in [-0.2, 0) is 14.9 Å². The van der Waals surface area contributed by atoms with E-state index in [1.54, 1.807) is 7.11 Å². The smallest absolute Gasteiger partial charge is 0.316 e. The third kappa shape index (κ3) is 1.78. The number of aryl methyl sites for hydroxylation is 2. The number of hydrogen-bond acceptors (Lipinski definition) is 3. The fourth-order valence-electron chi connectivity index (χ4n) is 2.89. The maximum absolute atomic E-state index is 12.1. The van der Waals surface area contributed by atoms with Gasteiger partial charge in [-0.1, -0.05) is 24.1 Å². The van der Waals surface area contributed by atoms with E-state index >= 15 is 0 Å². The summed E-state index contributed by atoms with van der Waals surface area (Å²) in [6.07, 6.45) is 2.75. The first-order valence-electron chi connectivity index (χ1n) is 6.29. The Hall–Kier alpha value is -1.51. The summed E-state index contributed by atoms with van der Waals surface area (Å²) in [6, 6.07) is 4.13. The predicted molar refractivity (Wildman–Crippen MR) is 70.0 cm³/mol. The molecular formula is C15H20O3. The van der Waals surface area contributed by atoms with Crippen molar-refractivity contribution in [2.45, 2.75) is 38.5 Å². The Morgan fingerprint density at radius 2 is 1.89 bits per heavy atom. The quantitative estimate of drug-likeness (QED) is 0.771. The summed E-state index contributed by atoms with van der Waals surface area (Å²) in [7, 11) is 3.11. The molecule has 2 rings (SSSR count). The summed E-state index contributed by atoms with van der Waals surface area (Å²) in [5.74, 6) is 0.683. The number of ether oxygens (including phenoxy) is 2. The van der Waals surface area contributed by atoms with Gasteiger partial charge < -0.3 is 9.47 Å². The van der Waals surface area contributed by atoms with Crippen LogP contribution in [0.4, 0.5) is 0 Å². The van der Waals surface area contributed by atoms with Crippen molar-refractivity contribution in [2.24, 2.45) is 0 Å². The second-order valence-corrected chi connectivity index (χ2v) is 5.09. The molecule has 0 bridgehead atoms. The van der Waals surface area contributed by atoms with Gasteiger partial charge in [-0.25, -0.2) is 0 Å². The Morgan fingerprint density at radius 3 is 2.33 bits per heavy atom. The summed E-state index contributed by atoms with van der Waals surface area (Å²) in [4.78, 5) is 12.1. The van der Waals surface area contributed by atoms with Gasteiger partial charge in [0.05, 0.1) is 19.6 Å². The van der Waals surface area contributed by atoms with Gasteiger partial charge in [0.1, 0.15) is 5.75 Å². The van der Waals surface area contributed by atoms with Gasteiger partial charge in [0.15, 0.2) is 0 Å². The van der Waals surface area contributed by atoms with Crippen LogP contribution < -0.4 is 4.74 Å². The Labute approximate surface area is 108 Å². The normalized spacial score (nSPS) is 16.9. The summed E-state index contributed by atoms with van der Waals surface area (Å²) >= 11 is 0. The molecule has 1 aromatic rings. The average molecular weight is 248 g/mol. The molecule has 0 unspecified atom stereocenters. The van der Waals surface area contributed by atoms with Gasteiger partial charge in [0.25, 0.3) is 0 Å². The molecule has 1 fully saturated rings. The highest BCUT2D eigenvalue weighted by Crippen LogP contribution is 2.49. The van der Waals surface area contributed by atoms with Gasteiger partial charge in [-0.05, 0) is 32.3 Å². The van der Waals surface area contributed by atoms with E-state index in [0.717, 1.165) is 41.7 Å². The molecule has 3 heteroatoms. The highest BCUT2D eigenvalue weighted by molar-refractivity contribution is 5.85. The van der Waals surface area contributed by atoms with E-state index in [-0.39, 0.29) is 5.97 Å². The van der Waals surface area contributed by atoms with Crippen molar-refractivity contribution < 1.29 is 14.3 Å². The Morgan fingerprint density at radius 1 is 1.22 bits per heavy atom. The number of carbonyl (C=O) groups excluding carboxylic acids is 1. The monoisotopic (exact) mass is 248 g/mol. The molecule has 0 aromatic heterocycles. The van der Waals surface area contributed by atoms with Crippen LogP contribution in [0.25, 0.3) is 0 Å². The zero-order valence-corrected chi connectivity index (χ0v) is 11.5. The lowest BCUT2D eigenvalue weighted by Gasteiger charge is -2.40. The lowest BCUT2D eigenvalue weighted by molar-refractivity contribution is -0.151. The predicted octanol–water partition coefficient (Wildman–Crippen LogP) is 2.91. The lowest BCUT2D eigenvalue weighted by atomic mass is 9.63. The molecule has 1 saturated carbocycles. The summed E-state index contributed by atoms with van der Waals surface area (Å²) in [5.41, 5.74) is 2.72. The lowest BCUT2D eigenvalue weighted by Crippen LogP contribution is -2.43. The largest absolute Gasteiger partial charge is 0.496 e. The molecule has 0 atom stereocenters. The van der Waals surface area contributed by atoms with Gasteiger partial charge in [-0.3, -0.25) is 4.79 Å². The molecule has 0 aliphatic heterocycles. The molecule has 0 saturated heterocycles. The van der Waals surface area contributed by atoms with Crippen molar-refractivity contribution in [2.75, 3.05) is 14.2 Å². The van der Waals surface area contributed by atoms with E-state index in [0.29, 0.717) is 0 Å². The maximum Gasteiger partial charge on any atom is 0.316 e. The molecule has 1 aliphatic carbocycles. The molecule has 18 heavy (non-hydrogen) atoms. The van der Waals surface area contributed by atoms with Gasteiger partial charge in [-0.2, -0.15) is 0 Å². The first kappa shape index (κ1) is 12.9. The summed E-state index contributed by atoms with van der Waals surface area (Å²) < 4.78 is 10.5. The molecule has 0 N–H and O–H groups in total. The molecule has 1 aromatic carbocycles. The molecule has 0 radical (unpaired) electrons. The minimum Gasteiger partial charge on any atom is -0.496 e. The minimum absolute atomic E-state index is 0.142. The zero-order valence-electron chi connectivity index (χ0n) is 11.5. The SMILES string of the molecule is COC(=O)C1(c2cc(C)cc(C)c2OC)CCC1. The van der Waals surface area contributed by atoms with E-state index in [1.165, 1.54) is 7.11 Å². The van der Waals surface area contributed by atoms with Crippen LogP contribution in [0.5, 0.6) is 5.75 Å². The molecule has 0 spiro atoms. The van der Waals surface area contributed by atoms with Crippen LogP contribution >= 0.6 is 0 Å². The maximum atomic E-state index is 12.1. The number of carbonyl (C=O) groups is 1.